The Morgan fingerprint density at radius 3 is 0.353 bits per heavy atom. The maximum atomic E-state index is 5.01. The lowest BCUT2D eigenvalue weighted by Crippen LogP contribution is -2.00. The van der Waals surface area contributed by atoms with Crippen LogP contribution >= 0.6 is 0 Å². The van der Waals surface area contributed by atoms with Crippen LogP contribution in [0.1, 0.15) is 83.2 Å². The lowest BCUT2D eigenvalue weighted by Gasteiger charge is -2.11. The first-order valence-corrected chi connectivity index (χ1v) is 47.9. The summed E-state index contributed by atoms with van der Waals surface area (Å²) < 4.78 is 0. The highest BCUT2D eigenvalue weighted by atomic mass is 15.1. The largest absolute Gasteiger partial charge is 0.208 e. The summed E-state index contributed by atoms with van der Waals surface area (Å²) in [6.45, 7) is 21.4. The van der Waals surface area contributed by atoms with E-state index >= 15 is 0 Å². The highest BCUT2D eigenvalue weighted by molar-refractivity contribution is 5.80. The second kappa shape index (κ2) is 41.9. The van der Waals surface area contributed by atoms with Crippen molar-refractivity contribution in [3.63, 3.8) is 0 Å². The SMILES string of the molecule is CCC(C)c1ccc(-c2ccc(-c3nc(-c4ccc(-c5ccc(C)cc5)cc4)nc(-c4ccc(-c5ccc(C)cc5)cc4)n3)cc2)cc1.CCc1ccc(-c2ccc(-c3nc(-c4ccc(-c5ccc(C)cc5)cc4)nc(-c4ccc(-c5ccc(C)cc5)cc4)n3)cc2)cc1.Cc1ccc(-c2ccc(-c3nc(-c4ccc(-c5ccc(C)cc5)cc4)nc(-c4ccc(-c5ccc(C)cc5)cc4)n3)cc2)cc1. The molecule has 0 saturated carbocycles. The van der Waals surface area contributed by atoms with Crippen LogP contribution in [0.2, 0.25) is 0 Å². The van der Waals surface area contributed by atoms with Gasteiger partial charge in [0.15, 0.2) is 52.4 Å². The molecule has 3 aromatic heterocycles. The number of aromatic nitrogens is 9. The molecule has 0 amide bonds. The fraction of sp³-hybridized carbons (Fsp3) is 0.100. The van der Waals surface area contributed by atoms with Crippen LogP contribution in [-0.2, 0) is 6.42 Å². The fourth-order valence-electron chi connectivity index (χ4n) is 17.0. The molecule has 1 atom stereocenters. The van der Waals surface area contributed by atoms with Crippen LogP contribution < -0.4 is 0 Å². The minimum absolute atomic E-state index is 0.561. The average Bonchev–Trinajstić information content (AvgIpc) is 0.795. The zero-order valence-electron chi connectivity index (χ0n) is 80.1. The smallest absolute Gasteiger partial charge is 0.164 e. The van der Waals surface area contributed by atoms with Crippen molar-refractivity contribution in [1.82, 2.24) is 44.9 Å². The molecule has 21 rings (SSSR count). The molecule has 18 aromatic carbocycles. The molecule has 672 valence electrons. The van der Waals surface area contributed by atoms with Crippen LogP contribution in [0.15, 0.2) is 437 Å². The van der Waals surface area contributed by atoms with Gasteiger partial charge in [-0.1, -0.05) is 496 Å². The summed E-state index contributed by atoms with van der Waals surface area (Å²) in [7, 11) is 0. The van der Waals surface area contributed by atoms with E-state index in [0.717, 1.165) is 102 Å². The minimum Gasteiger partial charge on any atom is -0.208 e. The average molecular weight is 1800 g/mol. The van der Waals surface area contributed by atoms with Gasteiger partial charge < -0.3 is 0 Å². The minimum atomic E-state index is 0.561. The number of nitrogens with zero attached hydrogens (tertiary/aromatic N) is 9. The van der Waals surface area contributed by atoms with Gasteiger partial charge >= 0.3 is 0 Å². The van der Waals surface area contributed by atoms with Crippen molar-refractivity contribution >= 4 is 0 Å². The van der Waals surface area contributed by atoms with Crippen LogP contribution in [0.25, 0.3) is 203 Å². The van der Waals surface area contributed by atoms with Crippen molar-refractivity contribution in [2.24, 2.45) is 0 Å². The van der Waals surface area contributed by atoms with Crippen molar-refractivity contribution < 1.29 is 0 Å². The molecule has 0 aliphatic carbocycles. The second-order valence-electron chi connectivity index (χ2n) is 36.2. The van der Waals surface area contributed by atoms with Gasteiger partial charge in [0, 0.05) is 50.1 Å². The van der Waals surface area contributed by atoms with Crippen LogP contribution in [0, 0.1) is 48.5 Å². The molecule has 0 fully saturated rings. The Bertz CT molecular complexity index is 7280. The Balaban J connectivity index is 0.000000133. The van der Waals surface area contributed by atoms with Crippen LogP contribution in [0.5, 0.6) is 0 Å². The van der Waals surface area contributed by atoms with Crippen molar-refractivity contribution in [3.8, 4) is 203 Å². The van der Waals surface area contributed by atoms with Gasteiger partial charge in [-0.2, -0.15) is 0 Å². The zero-order chi connectivity index (χ0) is 95.2. The topological polar surface area (TPSA) is 116 Å². The molecular formula is C130H107N9. The fourth-order valence-corrected chi connectivity index (χ4v) is 17.0. The summed E-state index contributed by atoms with van der Waals surface area (Å²) in [4.78, 5) is 44.9. The molecule has 0 aliphatic heterocycles. The molecule has 0 N–H and O–H groups in total. The first-order valence-electron chi connectivity index (χ1n) is 47.9. The Hall–Kier alpha value is -17.0. The van der Waals surface area contributed by atoms with E-state index in [4.69, 9.17) is 44.9 Å². The van der Waals surface area contributed by atoms with Gasteiger partial charge in [0.25, 0.3) is 0 Å². The third-order valence-electron chi connectivity index (χ3n) is 26.0. The number of hydrogen-bond donors (Lipinski definition) is 0. The lowest BCUT2D eigenvalue weighted by molar-refractivity contribution is 0.734. The third-order valence-corrected chi connectivity index (χ3v) is 26.0. The maximum Gasteiger partial charge on any atom is 0.164 e. The Morgan fingerprint density at radius 2 is 0.237 bits per heavy atom. The van der Waals surface area contributed by atoms with Crippen molar-refractivity contribution in [1.29, 1.82) is 0 Å². The molecule has 9 heteroatoms. The predicted molar refractivity (Wildman–Crippen MR) is 579 cm³/mol. The van der Waals surface area contributed by atoms with Gasteiger partial charge in [-0.15, -0.1) is 0 Å². The summed E-state index contributed by atoms with van der Waals surface area (Å²) in [6.07, 6.45) is 2.17. The third kappa shape index (κ3) is 22.0. The highest BCUT2D eigenvalue weighted by Crippen LogP contribution is 2.38. The number of aryl methyl sites for hydroxylation is 8. The maximum absolute atomic E-state index is 5.01. The van der Waals surface area contributed by atoms with E-state index in [9.17, 15) is 0 Å². The van der Waals surface area contributed by atoms with E-state index in [1.807, 2.05) is 0 Å². The van der Waals surface area contributed by atoms with Gasteiger partial charge in [-0.05, 0) is 178 Å². The predicted octanol–water partition coefficient (Wildman–Crippen LogP) is 33.9. The quantitative estimate of drug-likeness (QED) is 0.0693. The molecule has 9 nitrogen and oxygen atoms in total. The summed E-state index contributed by atoms with van der Waals surface area (Å²) >= 11 is 0. The van der Waals surface area contributed by atoms with Crippen molar-refractivity contribution in [3.05, 3.63) is 487 Å². The summed E-state index contributed by atoms with van der Waals surface area (Å²) in [5, 5.41) is 0. The Kier molecular flexibility index (Phi) is 27.4. The molecule has 0 bridgehead atoms. The lowest BCUT2D eigenvalue weighted by atomic mass is 9.95. The van der Waals surface area contributed by atoms with E-state index in [1.54, 1.807) is 0 Å². The molecule has 0 spiro atoms. The molecule has 0 aliphatic rings. The number of benzene rings is 18. The summed E-state index contributed by atoms with van der Waals surface area (Å²) in [5.41, 5.74) is 41.2. The van der Waals surface area contributed by atoms with Crippen LogP contribution in [0.3, 0.4) is 0 Å². The number of hydrogen-bond acceptors (Lipinski definition) is 9. The molecule has 21 aromatic rings. The van der Waals surface area contributed by atoms with E-state index in [-0.39, 0.29) is 0 Å². The van der Waals surface area contributed by atoms with Gasteiger partial charge in [0.1, 0.15) is 0 Å². The van der Waals surface area contributed by atoms with E-state index < -0.39 is 0 Å². The van der Waals surface area contributed by atoms with E-state index in [2.05, 4.69) is 506 Å². The molecular weight excluding hydrogens is 1690 g/mol. The van der Waals surface area contributed by atoms with Gasteiger partial charge in [-0.3, -0.25) is 0 Å². The van der Waals surface area contributed by atoms with Gasteiger partial charge in [0.05, 0.1) is 0 Å². The van der Waals surface area contributed by atoms with E-state index in [1.165, 1.54) is 111 Å². The van der Waals surface area contributed by atoms with Gasteiger partial charge in [0.2, 0.25) is 0 Å². The first-order chi connectivity index (χ1) is 67.9. The molecule has 1 unspecified atom stereocenters. The molecule has 0 radical (unpaired) electrons. The zero-order valence-corrected chi connectivity index (χ0v) is 80.1. The van der Waals surface area contributed by atoms with Crippen molar-refractivity contribution in [2.75, 3.05) is 0 Å². The van der Waals surface area contributed by atoms with Crippen LogP contribution in [-0.4, -0.2) is 44.9 Å². The summed E-state index contributed by atoms with van der Waals surface area (Å²) in [5.74, 6) is 6.41. The molecule has 0 saturated heterocycles. The summed E-state index contributed by atoms with van der Waals surface area (Å²) in [6, 6.07) is 154. The van der Waals surface area contributed by atoms with E-state index in [0.29, 0.717) is 58.3 Å². The Morgan fingerprint density at radius 1 is 0.137 bits per heavy atom. The monoisotopic (exact) mass is 1790 g/mol. The van der Waals surface area contributed by atoms with Gasteiger partial charge in [-0.25, -0.2) is 44.9 Å². The first kappa shape index (κ1) is 91.1. The van der Waals surface area contributed by atoms with Crippen LogP contribution in [0.4, 0.5) is 0 Å². The second-order valence-corrected chi connectivity index (χ2v) is 36.2. The molecule has 3 heterocycles. The van der Waals surface area contributed by atoms with Crippen molar-refractivity contribution in [2.45, 2.75) is 88.0 Å². The standard InChI is InChI=1S/C45H39N3.C43H35N3.C42H33N3/c1-5-32(4)33-14-16-36(17-15-33)39-22-28-42(29-23-39)45-47-43(40-24-18-37(19-25-40)34-10-6-30(2)7-11-34)46-44(48-45)41-26-20-38(21-27-41)35-12-8-31(3)9-13-35;1-4-31-9-15-34(16-10-31)37-21-27-40(28-22-37)43-45-41(38-23-17-35(18-24-38)32-11-5-29(2)6-12-32)44-42(46-43)39-25-19-36(20-26-39)33-13-7-30(3)8-14-33;1-28-4-10-31(11-5-28)34-16-22-37(23-17-34)40-43-41(38-24-18-35(19-25-38)32-12-6-29(2)7-13-32)45-42(44-40)39-26-20-36(21-27-39)33-14-8-30(3)9-15-33/h6-29,32H,5H2,1-4H3;5-28H,4H2,1-3H3;4-27H,1-3H3. The highest BCUT2D eigenvalue weighted by Gasteiger charge is 2.20. The normalized spacial score (nSPS) is 11.3. The Labute approximate surface area is 816 Å². The number of rotatable bonds is 21. The molecule has 139 heavy (non-hydrogen) atoms.